The van der Waals surface area contributed by atoms with Crippen LogP contribution in [-0.2, 0) is 4.74 Å². The van der Waals surface area contributed by atoms with Crippen LogP contribution in [0.2, 0.25) is 0 Å². The van der Waals surface area contributed by atoms with Gasteiger partial charge in [0.2, 0.25) is 0 Å². The highest BCUT2D eigenvalue weighted by molar-refractivity contribution is 5.00. The van der Waals surface area contributed by atoms with E-state index < -0.39 is 0 Å². The van der Waals surface area contributed by atoms with Crippen molar-refractivity contribution in [3.63, 3.8) is 0 Å². The molecule has 1 fully saturated rings. The third-order valence-electron chi connectivity index (χ3n) is 1.93. The van der Waals surface area contributed by atoms with Crippen molar-refractivity contribution in [1.29, 1.82) is 0 Å². The summed E-state index contributed by atoms with van der Waals surface area (Å²) in [5.74, 6) is 0.622. The number of hydrogen-bond donors (Lipinski definition) is 1. The maximum Gasteiger partial charge on any atom is 0.0598 e. The van der Waals surface area contributed by atoms with Crippen LogP contribution in [0.4, 0.5) is 0 Å². The minimum atomic E-state index is -0.01000. The maximum atomic E-state index is 5.68. The van der Waals surface area contributed by atoms with E-state index >= 15 is 0 Å². The fraction of sp³-hybridized carbons (Fsp3) is 0.800. The minimum absolute atomic E-state index is 0.01000. The molecule has 0 saturated carbocycles. The van der Waals surface area contributed by atoms with E-state index in [1.165, 1.54) is 0 Å². The fourth-order valence-electron chi connectivity index (χ4n) is 1.27. The summed E-state index contributed by atoms with van der Waals surface area (Å²) in [7, 11) is 0. The molecule has 0 amide bonds. The van der Waals surface area contributed by atoms with Gasteiger partial charge in [0.1, 0.15) is 0 Å². The molecule has 1 heterocycles. The third-order valence-corrected chi connectivity index (χ3v) is 1.93. The summed E-state index contributed by atoms with van der Waals surface area (Å²) in [5.41, 5.74) is 1.14. The molecule has 0 aliphatic carbocycles. The van der Waals surface area contributed by atoms with Crippen molar-refractivity contribution in [2.24, 2.45) is 5.92 Å². The summed E-state index contributed by atoms with van der Waals surface area (Å²) in [6.07, 6.45) is 1.07. The van der Waals surface area contributed by atoms with Crippen molar-refractivity contribution in [2.45, 2.75) is 32.8 Å². The predicted octanol–water partition coefficient (Wildman–Crippen LogP) is 1.92. The van der Waals surface area contributed by atoms with Gasteiger partial charge >= 0.3 is 0 Å². The summed E-state index contributed by atoms with van der Waals surface area (Å²) in [4.78, 5) is 0. The van der Waals surface area contributed by atoms with Crippen LogP contribution in [0.1, 0.15) is 27.2 Å². The Morgan fingerprint density at radius 2 is 2.25 bits per heavy atom. The van der Waals surface area contributed by atoms with Gasteiger partial charge in [-0.3, -0.25) is 0 Å². The summed E-state index contributed by atoms with van der Waals surface area (Å²) < 4.78 is 5.68. The fourth-order valence-corrected chi connectivity index (χ4v) is 1.27. The van der Waals surface area contributed by atoms with Crippen molar-refractivity contribution in [3.8, 4) is 0 Å². The Hall–Kier alpha value is -0.500. The molecule has 0 bridgehead atoms. The average molecular weight is 169 g/mol. The van der Waals surface area contributed by atoms with Gasteiger partial charge in [0, 0.05) is 18.2 Å². The standard InChI is InChI=1S/C10H19NO/c1-8-5-9(6-11-8)7-12-10(2,3)4/h9,11H,1,5-7H2,2-4H3. The molecule has 2 heteroatoms. The first-order valence-corrected chi connectivity index (χ1v) is 4.53. The molecule has 1 aliphatic heterocycles. The largest absolute Gasteiger partial charge is 0.388 e. The molecule has 0 radical (unpaired) electrons. The maximum absolute atomic E-state index is 5.68. The zero-order valence-electron chi connectivity index (χ0n) is 8.31. The second-order valence-corrected chi connectivity index (χ2v) is 4.48. The second-order valence-electron chi connectivity index (χ2n) is 4.48. The molecule has 1 rings (SSSR count). The number of nitrogens with one attached hydrogen (secondary N) is 1. The van der Waals surface area contributed by atoms with Gasteiger partial charge in [0.05, 0.1) is 12.2 Å². The monoisotopic (exact) mass is 169 g/mol. The zero-order chi connectivity index (χ0) is 9.19. The topological polar surface area (TPSA) is 21.3 Å². The smallest absolute Gasteiger partial charge is 0.0598 e. The summed E-state index contributed by atoms with van der Waals surface area (Å²) >= 11 is 0. The lowest BCUT2D eigenvalue weighted by Crippen LogP contribution is -2.24. The van der Waals surface area contributed by atoms with Crippen LogP contribution in [-0.4, -0.2) is 18.8 Å². The van der Waals surface area contributed by atoms with Gasteiger partial charge in [-0.05, 0) is 27.2 Å². The highest BCUT2D eigenvalue weighted by Gasteiger charge is 2.20. The van der Waals surface area contributed by atoms with Crippen LogP contribution < -0.4 is 5.32 Å². The van der Waals surface area contributed by atoms with Crippen molar-refractivity contribution in [3.05, 3.63) is 12.3 Å². The molecule has 1 saturated heterocycles. The zero-order valence-corrected chi connectivity index (χ0v) is 8.31. The molecule has 12 heavy (non-hydrogen) atoms. The third kappa shape index (κ3) is 3.26. The number of rotatable bonds is 2. The first-order valence-electron chi connectivity index (χ1n) is 4.53. The quantitative estimate of drug-likeness (QED) is 0.682. The molecule has 0 aromatic rings. The molecular formula is C10H19NO. The van der Waals surface area contributed by atoms with Crippen LogP contribution in [0, 0.1) is 5.92 Å². The van der Waals surface area contributed by atoms with Gasteiger partial charge < -0.3 is 10.1 Å². The summed E-state index contributed by atoms with van der Waals surface area (Å²) in [6, 6.07) is 0. The van der Waals surface area contributed by atoms with Crippen molar-refractivity contribution < 1.29 is 4.74 Å². The van der Waals surface area contributed by atoms with E-state index in [2.05, 4.69) is 32.7 Å². The Morgan fingerprint density at radius 1 is 1.58 bits per heavy atom. The summed E-state index contributed by atoms with van der Waals surface area (Å²) in [6.45, 7) is 12.0. The molecule has 1 unspecified atom stereocenters. The first-order chi connectivity index (χ1) is 5.47. The van der Waals surface area contributed by atoms with E-state index in [0.29, 0.717) is 5.92 Å². The van der Waals surface area contributed by atoms with Crippen LogP contribution in [0.25, 0.3) is 0 Å². The highest BCUT2D eigenvalue weighted by Crippen LogP contribution is 2.18. The molecule has 0 aromatic carbocycles. The molecule has 1 atom stereocenters. The van der Waals surface area contributed by atoms with Gasteiger partial charge in [0.15, 0.2) is 0 Å². The number of allylic oxidation sites excluding steroid dienone is 1. The molecular weight excluding hydrogens is 150 g/mol. The lowest BCUT2D eigenvalue weighted by atomic mass is 10.1. The van der Waals surface area contributed by atoms with E-state index in [1.807, 2.05) is 0 Å². The molecule has 0 aromatic heterocycles. The van der Waals surface area contributed by atoms with Crippen LogP contribution in [0.3, 0.4) is 0 Å². The van der Waals surface area contributed by atoms with E-state index in [0.717, 1.165) is 25.3 Å². The summed E-state index contributed by atoms with van der Waals surface area (Å²) in [5, 5.41) is 3.23. The molecule has 1 N–H and O–H groups in total. The second kappa shape index (κ2) is 3.48. The van der Waals surface area contributed by atoms with Crippen molar-refractivity contribution in [2.75, 3.05) is 13.2 Å². The number of ether oxygens (including phenoxy) is 1. The average Bonchev–Trinajstić information content (AvgIpc) is 2.30. The normalized spacial score (nSPS) is 24.2. The molecule has 0 spiro atoms. The Labute approximate surface area is 75.0 Å². The van der Waals surface area contributed by atoms with Gasteiger partial charge in [-0.1, -0.05) is 6.58 Å². The van der Waals surface area contributed by atoms with Crippen LogP contribution in [0.5, 0.6) is 0 Å². The first kappa shape index (κ1) is 9.59. The van der Waals surface area contributed by atoms with Gasteiger partial charge in [-0.15, -0.1) is 0 Å². The van der Waals surface area contributed by atoms with E-state index in [9.17, 15) is 0 Å². The van der Waals surface area contributed by atoms with Gasteiger partial charge in [-0.25, -0.2) is 0 Å². The SMILES string of the molecule is C=C1CC(COC(C)(C)C)CN1. The number of hydrogen-bond acceptors (Lipinski definition) is 2. The molecule has 2 nitrogen and oxygen atoms in total. The van der Waals surface area contributed by atoms with Crippen molar-refractivity contribution >= 4 is 0 Å². The lowest BCUT2D eigenvalue weighted by molar-refractivity contribution is -0.0189. The van der Waals surface area contributed by atoms with E-state index in [4.69, 9.17) is 4.74 Å². The van der Waals surface area contributed by atoms with Crippen LogP contribution >= 0.6 is 0 Å². The van der Waals surface area contributed by atoms with E-state index in [1.54, 1.807) is 0 Å². The van der Waals surface area contributed by atoms with Crippen molar-refractivity contribution in [1.82, 2.24) is 5.32 Å². The Kier molecular flexibility index (Phi) is 2.78. The Balaban J connectivity index is 2.20. The molecule has 70 valence electrons. The van der Waals surface area contributed by atoms with Crippen LogP contribution in [0.15, 0.2) is 12.3 Å². The lowest BCUT2D eigenvalue weighted by Gasteiger charge is -2.21. The van der Waals surface area contributed by atoms with Gasteiger partial charge in [0.25, 0.3) is 0 Å². The minimum Gasteiger partial charge on any atom is -0.388 e. The highest BCUT2D eigenvalue weighted by atomic mass is 16.5. The van der Waals surface area contributed by atoms with E-state index in [-0.39, 0.29) is 5.60 Å². The predicted molar refractivity (Wildman–Crippen MR) is 51.0 cm³/mol. The molecule has 1 aliphatic rings. The Bertz CT molecular complexity index is 169. The van der Waals surface area contributed by atoms with Gasteiger partial charge in [-0.2, -0.15) is 0 Å². The Morgan fingerprint density at radius 3 is 2.67 bits per heavy atom.